The fraction of sp³-hybridized carbons (Fsp3) is 0.708. The maximum absolute atomic E-state index is 13.5. The molecule has 27 heavy (non-hydrogen) atoms. The average Bonchev–Trinajstić information content (AvgIpc) is 3.19. The lowest BCUT2D eigenvalue weighted by Crippen LogP contribution is -2.69. The van der Waals surface area contributed by atoms with Gasteiger partial charge in [0.25, 0.3) is 0 Å². The molecule has 4 rings (SSSR count). The molecule has 2 aliphatic heterocycles. The summed E-state index contributed by atoms with van der Waals surface area (Å²) in [6.45, 7) is 10.2. The molecule has 0 saturated carbocycles. The van der Waals surface area contributed by atoms with Crippen molar-refractivity contribution < 1.29 is 4.79 Å². The third kappa shape index (κ3) is 3.33. The van der Waals surface area contributed by atoms with Crippen LogP contribution in [-0.2, 0) is 24.1 Å². The van der Waals surface area contributed by atoms with Gasteiger partial charge >= 0.3 is 0 Å². The zero-order chi connectivity index (χ0) is 19.1. The summed E-state index contributed by atoms with van der Waals surface area (Å²) in [5.74, 6) is 0.313. The Kier molecular flexibility index (Phi) is 5.09. The van der Waals surface area contributed by atoms with Crippen molar-refractivity contribution in [2.75, 3.05) is 19.6 Å². The van der Waals surface area contributed by atoms with Crippen molar-refractivity contribution in [1.82, 2.24) is 9.80 Å². The van der Waals surface area contributed by atoms with Crippen LogP contribution in [0.2, 0.25) is 0 Å². The van der Waals surface area contributed by atoms with Gasteiger partial charge in [-0.1, -0.05) is 32.0 Å². The van der Waals surface area contributed by atoms with Crippen molar-refractivity contribution in [2.24, 2.45) is 5.41 Å². The van der Waals surface area contributed by atoms with Gasteiger partial charge in [-0.25, -0.2) is 0 Å². The second-order valence-electron chi connectivity index (χ2n) is 9.73. The van der Waals surface area contributed by atoms with Crippen molar-refractivity contribution in [3.63, 3.8) is 0 Å². The molecule has 0 aromatic heterocycles. The molecule has 1 unspecified atom stereocenters. The normalized spacial score (nSPS) is 28.2. The van der Waals surface area contributed by atoms with E-state index in [9.17, 15) is 4.79 Å². The Morgan fingerprint density at radius 1 is 0.926 bits per heavy atom. The fourth-order valence-corrected chi connectivity index (χ4v) is 5.78. The van der Waals surface area contributed by atoms with Crippen LogP contribution in [0, 0.1) is 5.41 Å². The molecular formula is C24H36N2O. The Hall–Kier alpha value is -1.35. The van der Waals surface area contributed by atoms with E-state index in [1.165, 1.54) is 61.6 Å². The van der Waals surface area contributed by atoms with Crippen molar-refractivity contribution in [1.29, 1.82) is 0 Å². The van der Waals surface area contributed by atoms with Crippen LogP contribution in [0.3, 0.4) is 0 Å². The Bertz CT molecular complexity index is 704. The van der Waals surface area contributed by atoms with Gasteiger partial charge in [0.1, 0.15) is 0 Å². The summed E-state index contributed by atoms with van der Waals surface area (Å²) in [4.78, 5) is 18.3. The van der Waals surface area contributed by atoms with E-state index >= 15 is 0 Å². The quantitative estimate of drug-likeness (QED) is 0.780. The Labute approximate surface area is 165 Å². The number of amides is 1. The van der Waals surface area contributed by atoms with Crippen LogP contribution in [0.25, 0.3) is 0 Å². The molecule has 3 heteroatoms. The molecule has 2 saturated heterocycles. The summed E-state index contributed by atoms with van der Waals surface area (Å²) in [5.41, 5.74) is 4.15. The van der Waals surface area contributed by atoms with Gasteiger partial charge in [-0.05, 0) is 75.0 Å². The van der Waals surface area contributed by atoms with Gasteiger partial charge in [0.2, 0.25) is 5.91 Å². The van der Waals surface area contributed by atoms with Crippen molar-refractivity contribution >= 4 is 5.91 Å². The first-order chi connectivity index (χ1) is 12.9. The number of fused-ring (bicyclic) bond motifs is 1. The molecule has 3 nitrogen and oxygen atoms in total. The molecule has 3 aliphatic rings. The molecular weight excluding hydrogens is 332 g/mol. The van der Waals surface area contributed by atoms with Crippen LogP contribution < -0.4 is 0 Å². The topological polar surface area (TPSA) is 23.6 Å². The highest BCUT2D eigenvalue weighted by Crippen LogP contribution is 2.47. The van der Waals surface area contributed by atoms with Crippen LogP contribution in [0.5, 0.6) is 0 Å². The lowest BCUT2D eigenvalue weighted by molar-refractivity contribution is -0.171. The van der Waals surface area contributed by atoms with Crippen LogP contribution in [-0.4, -0.2) is 41.0 Å². The number of benzene rings is 1. The van der Waals surface area contributed by atoms with Gasteiger partial charge in [0, 0.05) is 25.0 Å². The van der Waals surface area contributed by atoms with E-state index in [1.807, 2.05) is 0 Å². The molecule has 0 N–H and O–H groups in total. The largest absolute Gasteiger partial charge is 0.324 e. The number of hydrogen-bond acceptors (Lipinski definition) is 2. The fourth-order valence-electron chi connectivity index (χ4n) is 5.78. The van der Waals surface area contributed by atoms with Gasteiger partial charge in [0.15, 0.2) is 0 Å². The number of piperidine rings is 1. The van der Waals surface area contributed by atoms with E-state index in [0.717, 1.165) is 26.1 Å². The first-order valence-electron chi connectivity index (χ1n) is 11.1. The number of carbonyl (C=O) groups excluding carboxylic acids is 1. The van der Waals surface area contributed by atoms with Gasteiger partial charge in [-0.3, -0.25) is 9.69 Å². The minimum atomic E-state index is -0.160. The van der Waals surface area contributed by atoms with Crippen molar-refractivity contribution in [3.05, 3.63) is 34.9 Å². The van der Waals surface area contributed by atoms with Crippen molar-refractivity contribution in [2.45, 2.75) is 84.2 Å². The smallest absolute Gasteiger partial charge is 0.228 e. The number of nitrogens with zero attached hydrogens (tertiary/aromatic N) is 2. The first-order valence-corrected chi connectivity index (χ1v) is 11.1. The van der Waals surface area contributed by atoms with E-state index in [2.05, 4.69) is 48.8 Å². The van der Waals surface area contributed by atoms with Crippen molar-refractivity contribution in [3.8, 4) is 0 Å². The molecule has 1 atom stereocenters. The maximum Gasteiger partial charge on any atom is 0.228 e. The van der Waals surface area contributed by atoms with Crippen LogP contribution >= 0.6 is 0 Å². The maximum atomic E-state index is 13.5. The minimum Gasteiger partial charge on any atom is -0.324 e. The zero-order valence-corrected chi connectivity index (χ0v) is 17.5. The first kappa shape index (κ1) is 19.0. The van der Waals surface area contributed by atoms with E-state index in [4.69, 9.17) is 0 Å². The highest BCUT2D eigenvalue weighted by Gasteiger charge is 2.53. The predicted molar refractivity (Wildman–Crippen MR) is 111 cm³/mol. The molecule has 1 aromatic rings. The number of hydrogen-bond donors (Lipinski definition) is 0. The summed E-state index contributed by atoms with van der Waals surface area (Å²) in [7, 11) is 0. The zero-order valence-electron chi connectivity index (χ0n) is 17.5. The van der Waals surface area contributed by atoms with E-state index in [0.29, 0.717) is 12.3 Å². The number of carbonyl (C=O) groups is 1. The third-order valence-electron chi connectivity index (χ3n) is 7.78. The van der Waals surface area contributed by atoms with Gasteiger partial charge in [0.05, 0.1) is 12.1 Å². The number of aryl methyl sites for hydroxylation is 2. The van der Waals surface area contributed by atoms with E-state index in [1.54, 1.807) is 0 Å². The third-order valence-corrected chi connectivity index (χ3v) is 7.78. The Balaban J connectivity index is 1.57. The molecule has 2 fully saturated rings. The highest BCUT2D eigenvalue weighted by molar-refractivity contribution is 5.80. The second-order valence-corrected chi connectivity index (χ2v) is 9.73. The van der Waals surface area contributed by atoms with E-state index < -0.39 is 0 Å². The summed E-state index contributed by atoms with van der Waals surface area (Å²) < 4.78 is 0. The lowest BCUT2D eigenvalue weighted by atomic mass is 9.71. The molecule has 1 aliphatic carbocycles. The molecule has 0 spiro atoms. The van der Waals surface area contributed by atoms with E-state index in [-0.39, 0.29) is 11.1 Å². The summed E-state index contributed by atoms with van der Waals surface area (Å²) in [6, 6.07) is 6.79. The summed E-state index contributed by atoms with van der Waals surface area (Å²) in [5, 5.41) is 0. The molecule has 0 radical (unpaired) electrons. The Morgan fingerprint density at radius 2 is 1.63 bits per heavy atom. The molecule has 2 heterocycles. The Morgan fingerprint density at radius 3 is 2.37 bits per heavy atom. The van der Waals surface area contributed by atoms with Crippen LogP contribution in [0.15, 0.2) is 18.2 Å². The number of likely N-dealkylation sites (tertiary alicyclic amines) is 2. The van der Waals surface area contributed by atoms with Crippen LogP contribution in [0.1, 0.15) is 76.0 Å². The molecule has 1 aromatic carbocycles. The standard InChI is InChI=1S/C24H36N2O/c1-23(2)13-8-16-26(24(23,3)25-14-6-7-15-25)22(27)18-19-11-12-20-9-4-5-10-21(20)17-19/h11-12,17H,4-10,13-16,18H2,1-3H3. The number of rotatable bonds is 3. The summed E-state index contributed by atoms with van der Waals surface area (Å²) >= 11 is 0. The molecule has 148 valence electrons. The minimum absolute atomic E-state index is 0.126. The molecule has 1 amide bonds. The van der Waals surface area contributed by atoms with Crippen LogP contribution in [0.4, 0.5) is 0 Å². The molecule has 0 bridgehead atoms. The SMILES string of the molecule is CC1(C)CCCN(C(=O)Cc2ccc3c(c2)CCCC3)C1(C)N1CCCC1. The lowest BCUT2D eigenvalue weighted by Gasteiger charge is -2.59. The van der Waals surface area contributed by atoms with Gasteiger partial charge < -0.3 is 4.90 Å². The second kappa shape index (κ2) is 7.24. The summed E-state index contributed by atoms with van der Waals surface area (Å²) in [6.07, 6.45) is 10.4. The predicted octanol–water partition coefficient (Wildman–Crippen LogP) is 4.57. The van der Waals surface area contributed by atoms with Gasteiger partial charge in [-0.15, -0.1) is 0 Å². The monoisotopic (exact) mass is 368 g/mol. The average molecular weight is 369 g/mol. The van der Waals surface area contributed by atoms with Gasteiger partial charge in [-0.2, -0.15) is 0 Å². The highest BCUT2D eigenvalue weighted by atomic mass is 16.2.